The Balaban J connectivity index is 1.75. The predicted molar refractivity (Wildman–Crippen MR) is 103 cm³/mol. The standard InChI is InChI=1S/C18H25Cl2N3O3/c1-18(2,3)21-16(24)11-22-6-8-23(9-7-22)17(25)12-26-15-5-4-13(19)10-14(15)20/h4-5,10H,6-9,11-12H2,1-3H3,(H,21,24). The molecule has 0 spiro atoms. The minimum Gasteiger partial charge on any atom is -0.482 e. The van der Waals surface area contributed by atoms with Crippen molar-refractivity contribution >= 4 is 35.0 Å². The van der Waals surface area contributed by atoms with Gasteiger partial charge in [0.25, 0.3) is 5.91 Å². The molecule has 0 unspecified atom stereocenters. The molecule has 1 aromatic rings. The van der Waals surface area contributed by atoms with Gasteiger partial charge in [-0.3, -0.25) is 14.5 Å². The second-order valence-corrected chi connectivity index (χ2v) is 8.16. The summed E-state index contributed by atoms with van der Waals surface area (Å²) in [6.07, 6.45) is 0. The summed E-state index contributed by atoms with van der Waals surface area (Å²) in [4.78, 5) is 28.1. The van der Waals surface area contributed by atoms with Gasteiger partial charge in [-0.05, 0) is 39.0 Å². The number of halogens is 2. The van der Waals surface area contributed by atoms with Crippen LogP contribution >= 0.6 is 23.2 Å². The van der Waals surface area contributed by atoms with Crippen LogP contribution in [0.15, 0.2) is 18.2 Å². The van der Waals surface area contributed by atoms with Gasteiger partial charge in [-0.25, -0.2) is 0 Å². The number of piperazine rings is 1. The molecule has 0 bridgehead atoms. The van der Waals surface area contributed by atoms with E-state index in [0.29, 0.717) is 48.5 Å². The molecule has 144 valence electrons. The highest BCUT2D eigenvalue weighted by molar-refractivity contribution is 6.35. The first kappa shape index (κ1) is 20.8. The Morgan fingerprint density at radius 2 is 1.81 bits per heavy atom. The number of hydrogen-bond donors (Lipinski definition) is 1. The summed E-state index contributed by atoms with van der Waals surface area (Å²) in [6, 6.07) is 4.88. The quantitative estimate of drug-likeness (QED) is 0.822. The van der Waals surface area contributed by atoms with Gasteiger partial charge in [0, 0.05) is 36.7 Å². The third-order valence-corrected chi connectivity index (χ3v) is 4.38. The number of nitrogens with zero attached hydrogens (tertiary/aromatic N) is 2. The summed E-state index contributed by atoms with van der Waals surface area (Å²) >= 11 is 11.9. The molecule has 2 rings (SSSR count). The molecule has 6 nitrogen and oxygen atoms in total. The van der Waals surface area contributed by atoms with Crippen molar-refractivity contribution < 1.29 is 14.3 Å². The molecule has 2 amide bonds. The molecule has 1 saturated heterocycles. The number of rotatable bonds is 5. The lowest BCUT2D eigenvalue weighted by Gasteiger charge is -2.34. The topological polar surface area (TPSA) is 61.9 Å². The normalized spacial score (nSPS) is 15.7. The van der Waals surface area contributed by atoms with Gasteiger partial charge in [0.1, 0.15) is 5.75 Å². The Morgan fingerprint density at radius 3 is 2.38 bits per heavy atom. The zero-order valence-corrected chi connectivity index (χ0v) is 16.9. The van der Waals surface area contributed by atoms with E-state index in [4.69, 9.17) is 27.9 Å². The van der Waals surface area contributed by atoms with Crippen LogP contribution in [0.2, 0.25) is 10.0 Å². The van der Waals surface area contributed by atoms with E-state index in [1.54, 1.807) is 23.1 Å². The third kappa shape index (κ3) is 6.67. The average molecular weight is 402 g/mol. The van der Waals surface area contributed by atoms with Gasteiger partial charge in [0.05, 0.1) is 11.6 Å². The summed E-state index contributed by atoms with van der Waals surface area (Å²) in [5.41, 5.74) is -0.241. The van der Waals surface area contributed by atoms with E-state index >= 15 is 0 Å². The molecular weight excluding hydrogens is 377 g/mol. The monoisotopic (exact) mass is 401 g/mol. The molecule has 0 atom stereocenters. The van der Waals surface area contributed by atoms with Gasteiger partial charge >= 0.3 is 0 Å². The molecule has 8 heteroatoms. The Morgan fingerprint density at radius 1 is 1.15 bits per heavy atom. The summed E-state index contributed by atoms with van der Waals surface area (Å²) in [5.74, 6) is 0.328. The van der Waals surface area contributed by atoms with Gasteiger partial charge in [-0.1, -0.05) is 23.2 Å². The largest absolute Gasteiger partial charge is 0.482 e. The van der Waals surface area contributed by atoms with Crippen LogP contribution in [0.5, 0.6) is 5.75 Å². The van der Waals surface area contributed by atoms with Crippen molar-refractivity contribution in [3.05, 3.63) is 28.2 Å². The number of carbonyl (C=O) groups excluding carboxylic acids is 2. The van der Waals surface area contributed by atoms with Crippen LogP contribution < -0.4 is 10.1 Å². The molecule has 1 aromatic carbocycles. The molecular formula is C18H25Cl2N3O3. The summed E-state index contributed by atoms with van der Waals surface area (Å²) in [5, 5.41) is 3.83. The summed E-state index contributed by atoms with van der Waals surface area (Å²) in [7, 11) is 0. The predicted octanol–water partition coefficient (Wildman–Crippen LogP) is 2.43. The highest BCUT2D eigenvalue weighted by Gasteiger charge is 2.24. The van der Waals surface area contributed by atoms with E-state index in [1.807, 2.05) is 25.7 Å². The van der Waals surface area contributed by atoms with Crippen LogP contribution in [-0.4, -0.2) is 66.5 Å². The second-order valence-electron chi connectivity index (χ2n) is 7.32. The molecule has 1 aliphatic rings. The SMILES string of the molecule is CC(C)(C)NC(=O)CN1CCN(C(=O)COc2ccc(Cl)cc2Cl)CC1. The van der Waals surface area contributed by atoms with Crippen molar-refractivity contribution in [3.63, 3.8) is 0 Å². The Kier molecular flexibility index (Phi) is 7.15. The number of hydrogen-bond acceptors (Lipinski definition) is 4. The van der Waals surface area contributed by atoms with Crippen molar-refractivity contribution in [2.45, 2.75) is 26.3 Å². The molecule has 0 aromatic heterocycles. The van der Waals surface area contributed by atoms with Crippen LogP contribution in [0.25, 0.3) is 0 Å². The van der Waals surface area contributed by atoms with Gasteiger partial charge in [0.15, 0.2) is 6.61 Å². The highest BCUT2D eigenvalue weighted by atomic mass is 35.5. The fourth-order valence-corrected chi connectivity index (χ4v) is 3.10. The first-order valence-electron chi connectivity index (χ1n) is 8.53. The zero-order valence-electron chi connectivity index (χ0n) is 15.3. The first-order chi connectivity index (χ1) is 12.1. The van der Waals surface area contributed by atoms with E-state index in [-0.39, 0.29) is 24.0 Å². The maximum absolute atomic E-state index is 12.3. The maximum Gasteiger partial charge on any atom is 0.260 e. The molecule has 1 aliphatic heterocycles. The first-order valence-corrected chi connectivity index (χ1v) is 9.28. The van der Waals surface area contributed by atoms with Gasteiger partial charge < -0.3 is 15.0 Å². The smallest absolute Gasteiger partial charge is 0.260 e. The number of ether oxygens (including phenoxy) is 1. The number of benzene rings is 1. The lowest BCUT2D eigenvalue weighted by atomic mass is 10.1. The van der Waals surface area contributed by atoms with E-state index in [2.05, 4.69) is 5.32 Å². The van der Waals surface area contributed by atoms with Crippen LogP contribution in [0.4, 0.5) is 0 Å². The van der Waals surface area contributed by atoms with E-state index in [1.165, 1.54) is 0 Å². The minimum absolute atomic E-state index is 0.00186. The second kappa shape index (κ2) is 8.93. The molecule has 1 heterocycles. The molecule has 26 heavy (non-hydrogen) atoms. The molecule has 0 saturated carbocycles. The highest BCUT2D eigenvalue weighted by Crippen LogP contribution is 2.27. The van der Waals surface area contributed by atoms with Crippen molar-refractivity contribution in [1.29, 1.82) is 0 Å². The molecule has 0 aliphatic carbocycles. The fourth-order valence-electron chi connectivity index (χ4n) is 2.64. The van der Waals surface area contributed by atoms with Crippen molar-refractivity contribution in [1.82, 2.24) is 15.1 Å². The lowest BCUT2D eigenvalue weighted by molar-refractivity contribution is -0.135. The van der Waals surface area contributed by atoms with Gasteiger partial charge in [-0.15, -0.1) is 0 Å². The lowest BCUT2D eigenvalue weighted by Crippen LogP contribution is -2.53. The third-order valence-electron chi connectivity index (χ3n) is 3.85. The number of amides is 2. The van der Waals surface area contributed by atoms with Gasteiger partial charge in [-0.2, -0.15) is 0 Å². The van der Waals surface area contributed by atoms with Crippen LogP contribution in [0, 0.1) is 0 Å². The van der Waals surface area contributed by atoms with Crippen molar-refractivity contribution in [2.75, 3.05) is 39.3 Å². The minimum atomic E-state index is -0.241. The molecule has 1 fully saturated rings. The Bertz CT molecular complexity index is 654. The fraction of sp³-hybridized carbons (Fsp3) is 0.556. The zero-order chi connectivity index (χ0) is 19.3. The van der Waals surface area contributed by atoms with Crippen molar-refractivity contribution in [2.24, 2.45) is 0 Å². The van der Waals surface area contributed by atoms with E-state index < -0.39 is 0 Å². The van der Waals surface area contributed by atoms with Crippen LogP contribution in [0.1, 0.15) is 20.8 Å². The number of carbonyl (C=O) groups is 2. The van der Waals surface area contributed by atoms with Crippen LogP contribution in [0.3, 0.4) is 0 Å². The average Bonchev–Trinajstić information content (AvgIpc) is 2.52. The molecule has 0 radical (unpaired) electrons. The summed E-state index contributed by atoms with van der Waals surface area (Å²) in [6.45, 7) is 8.58. The van der Waals surface area contributed by atoms with E-state index in [9.17, 15) is 9.59 Å². The van der Waals surface area contributed by atoms with Crippen molar-refractivity contribution in [3.8, 4) is 5.75 Å². The number of nitrogens with one attached hydrogen (secondary N) is 1. The molecule has 1 N–H and O–H groups in total. The van der Waals surface area contributed by atoms with Crippen LogP contribution in [-0.2, 0) is 9.59 Å². The van der Waals surface area contributed by atoms with E-state index in [0.717, 1.165) is 0 Å². The maximum atomic E-state index is 12.3. The Hall–Kier alpha value is -1.50. The van der Waals surface area contributed by atoms with Gasteiger partial charge in [0.2, 0.25) is 5.91 Å². The Labute approximate surface area is 164 Å². The summed E-state index contributed by atoms with van der Waals surface area (Å²) < 4.78 is 5.49.